The number of hydrogen-bond donors (Lipinski definition) is 2. The lowest BCUT2D eigenvalue weighted by molar-refractivity contribution is 0.341. The van der Waals surface area contributed by atoms with Crippen LogP contribution in [-0.2, 0) is 0 Å². The van der Waals surface area contributed by atoms with Crippen LogP contribution in [0.15, 0.2) is 35.7 Å². The molecule has 2 aromatic heterocycles. The first-order chi connectivity index (χ1) is 14.4. The van der Waals surface area contributed by atoms with E-state index in [2.05, 4.69) is 35.7 Å². The highest BCUT2D eigenvalue weighted by atomic mass is 32.2. The minimum atomic E-state index is 0.197. The summed E-state index contributed by atoms with van der Waals surface area (Å²) in [7, 11) is 0. The fourth-order valence-corrected chi connectivity index (χ4v) is 3.14. The highest BCUT2D eigenvalue weighted by Crippen LogP contribution is 2.18. The molecule has 0 atom stereocenters. The summed E-state index contributed by atoms with van der Waals surface area (Å²) in [5.74, 6) is 3.03. The molecule has 0 fully saturated rings. The zero-order valence-electron chi connectivity index (χ0n) is 18.0. The van der Waals surface area contributed by atoms with Crippen molar-refractivity contribution in [2.24, 2.45) is 0 Å². The zero-order valence-corrected chi connectivity index (χ0v) is 18.8. The molecule has 3 rings (SSSR count). The average molecular weight is 429 g/mol. The van der Waals surface area contributed by atoms with Crippen molar-refractivity contribution in [2.45, 2.75) is 51.9 Å². The van der Waals surface area contributed by atoms with E-state index in [0.717, 1.165) is 17.1 Å². The van der Waals surface area contributed by atoms with Crippen LogP contribution in [0.1, 0.15) is 33.3 Å². The molecule has 0 aliphatic heterocycles. The molecule has 0 aliphatic rings. The molecule has 0 unspecified atom stereocenters. The minimum absolute atomic E-state index is 0.197. The van der Waals surface area contributed by atoms with Gasteiger partial charge >= 0.3 is 0 Å². The second-order valence-corrected chi connectivity index (χ2v) is 8.38. The average Bonchev–Trinajstić information content (AvgIpc) is 3.14. The molecule has 0 spiro atoms. The maximum Gasteiger partial charge on any atom is 0.258 e. The summed E-state index contributed by atoms with van der Waals surface area (Å²) >= 11 is 1.52. The Morgan fingerprint density at radius 3 is 2.30 bits per heavy atom. The molecular formula is C20H28N8OS. The fraction of sp³-hybridized carbons (Fsp3) is 0.450. The third kappa shape index (κ3) is 6.31. The van der Waals surface area contributed by atoms with Crippen molar-refractivity contribution in [3.63, 3.8) is 0 Å². The van der Waals surface area contributed by atoms with Gasteiger partial charge in [-0.15, -0.1) is 5.10 Å². The lowest BCUT2D eigenvalue weighted by Crippen LogP contribution is -2.19. The summed E-state index contributed by atoms with van der Waals surface area (Å²) in [6, 6.07) is 8.37. The molecule has 1 aromatic carbocycles. The van der Waals surface area contributed by atoms with Crippen LogP contribution in [0.25, 0.3) is 5.95 Å². The van der Waals surface area contributed by atoms with Gasteiger partial charge in [0, 0.05) is 17.8 Å². The molecule has 0 bridgehead atoms. The van der Waals surface area contributed by atoms with Crippen LogP contribution in [0.4, 0.5) is 11.9 Å². The van der Waals surface area contributed by atoms with E-state index < -0.39 is 0 Å². The van der Waals surface area contributed by atoms with Gasteiger partial charge in [0.05, 0.1) is 6.61 Å². The Labute approximate surface area is 181 Å². The van der Waals surface area contributed by atoms with Crippen molar-refractivity contribution in [2.75, 3.05) is 23.0 Å². The van der Waals surface area contributed by atoms with Crippen LogP contribution in [0.3, 0.4) is 0 Å². The third-order valence-corrected chi connectivity index (χ3v) is 4.62. The number of aromatic nitrogens is 6. The number of nitrogens with zero attached hydrogens (tertiary/aromatic N) is 6. The number of ether oxygens (including phenoxy) is 1. The number of thioether (sulfide) groups is 1. The molecule has 3 aromatic rings. The van der Waals surface area contributed by atoms with Crippen LogP contribution in [0, 0.1) is 6.92 Å². The van der Waals surface area contributed by atoms with Gasteiger partial charge in [-0.25, -0.2) is 4.98 Å². The number of rotatable bonds is 10. The van der Waals surface area contributed by atoms with Crippen LogP contribution >= 0.6 is 11.8 Å². The Morgan fingerprint density at radius 2 is 1.67 bits per heavy atom. The second kappa shape index (κ2) is 10.2. The largest absolute Gasteiger partial charge is 0.492 e. The molecule has 0 aliphatic carbocycles. The van der Waals surface area contributed by atoms with Crippen LogP contribution in [-0.4, -0.2) is 54.2 Å². The van der Waals surface area contributed by atoms with Gasteiger partial charge in [0.15, 0.2) is 0 Å². The molecule has 2 heterocycles. The topological polar surface area (TPSA) is 103 Å². The monoisotopic (exact) mass is 428 g/mol. The number of anilines is 2. The first-order valence-electron chi connectivity index (χ1n) is 9.93. The van der Waals surface area contributed by atoms with Crippen LogP contribution in [0.2, 0.25) is 0 Å². The molecule has 0 amide bonds. The van der Waals surface area contributed by atoms with Crippen molar-refractivity contribution in [1.29, 1.82) is 0 Å². The van der Waals surface area contributed by atoms with Gasteiger partial charge in [-0.2, -0.15) is 19.6 Å². The third-order valence-electron chi connectivity index (χ3n) is 3.80. The molecule has 0 saturated carbocycles. The Hall–Kier alpha value is -2.88. The Balaban J connectivity index is 1.64. The zero-order chi connectivity index (χ0) is 21.5. The molecule has 10 heteroatoms. The molecule has 9 nitrogen and oxygen atoms in total. The van der Waals surface area contributed by atoms with Crippen LogP contribution < -0.4 is 15.4 Å². The molecule has 2 N–H and O–H groups in total. The summed E-state index contributed by atoms with van der Waals surface area (Å²) < 4.78 is 7.38. The van der Waals surface area contributed by atoms with Crippen molar-refractivity contribution >= 4 is 23.7 Å². The standard InChI is InChI=1S/C20H28N8OS/c1-13(2)22-17-24-18(23-14(3)4)26-19(25-17)28-12-21-20(27-28)30-11-10-29-16-9-7-6-8-15(16)5/h6-9,12-14H,10-11H2,1-5H3,(H2,22,23,24,25,26). The molecule has 0 radical (unpaired) electrons. The van der Waals surface area contributed by atoms with Gasteiger partial charge in [-0.05, 0) is 46.2 Å². The van der Waals surface area contributed by atoms with E-state index >= 15 is 0 Å². The lowest BCUT2D eigenvalue weighted by atomic mass is 10.2. The van der Waals surface area contributed by atoms with Gasteiger partial charge in [0.2, 0.25) is 17.1 Å². The number of nitrogens with one attached hydrogen (secondary N) is 2. The quantitative estimate of drug-likeness (QED) is 0.370. The van der Waals surface area contributed by atoms with Gasteiger partial charge in [0.25, 0.3) is 5.95 Å². The number of benzene rings is 1. The van der Waals surface area contributed by atoms with Crippen molar-refractivity contribution < 1.29 is 4.74 Å². The highest BCUT2D eigenvalue weighted by molar-refractivity contribution is 7.99. The number of aryl methyl sites for hydroxylation is 1. The van der Waals surface area contributed by atoms with Gasteiger partial charge < -0.3 is 15.4 Å². The van der Waals surface area contributed by atoms with E-state index in [1.807, 2.05) is 58.9 Å². The maximum absolute atomic E-state index is 5.82. The summed E-state index contributed by atoms with van der Waals surface area (Å²) in [5, 5.41) is 11.6. The summed E-state index contributed by atoms with van der Waals surface area (Å²) in [6.07, 6.45) is 1.61. The molecule has 30 heavy (non-hydrogen) atoms. The highest BCUT2D eigenvalue weighted by Gasteiger charge is 2.12. The minimum Gasteiger partial charge on any atom is -0.492 e. The van der Waals surface area contributed by atoms with Crippen LogP contribution in [0.5, 0.6) is 5.75 Å². The predicted octanol–water partition coefficient (Wildman–Crippen LogP) is 3.57. The van der Waals surface area contributed by atoms with E-state index in [1.165, 1.54) is 11.8 Å². The summed E-state index contributed by atoms with van der Waals surface area (Å²) in [6.45, 7) is 10.7. The number of para-hydroxylation sites is 1. The van der Waals surface area contributed by atoms with Crippen molar-refractivity contribution in [1.82, 2.24) is 29.7 Å². The first-order valence-corrected chi connectivity index (χ1v) is 10.9. The van der Waals surface area contributed by atoms with E-state index in [4.69, 9.17) is 4.74 Å². The van der Waals surface area contributed by atoms with Gasteiger partial charge in [-0.1, -0.05) is 30.0 Å². The Morgan fingerprint density at radius 1 is 1.00 bits per heavy atom. The van der Waals surface area contributed by atoms with E-state index in [-0.39, 0.29) is 12.1 Å². The lowest BCUT2D eigenvalue weighted by Gasteiger charge is -2.13. The Kier molecular flexibility index (Phi) is 7.45. The molecular weight excluding hydrogens is 400 g/mol. The van der Waals surface area contributed by atoms with E-state index in [0.29, 0.717) is 29.6 Å². The SMILES string of the molecule is Cc1ccccc1OCCSc1ncn(-c2nc(NC(C)C)nc(NC(C)C)n2)n1. The van der Waals surface area contributed by atoms with E-state index in [1.54, 1.807) is 11.0 Å². The predicted molar refractivity (Wildman–Crippen MR) is 120 cm³/mol. The molecule has 0 saturated heterocycles. The maximum atomic E-state index is 5.82. The van der Waals surface area contributed by atoms with E-state index in [9.17, 15) is 0 Å². The second-order valence-electron chi connectivity index (χ2n) is 7.31. The van der Waals surface area contributed by atoms with Gasteiger partial charge in [-0.3, -0.25) is 0 Å². The Bertz CT molecular complexity index is 931. The fourth-order valence-electron chi connectivity index (χ4n) is 2.53. The van der Waals surface area contributed by atoms with Crippen molar-refractivity contribution in [3.05, 3.63) is 36.2 Å². The smallest absolute Gasteiger partial charge is 0.258 e. The summed E-state index contributed by atoms with van der Waals surface area (Å²) in [4.78, 5) is 17.7. The number of hydrogen-bond acceptors (Lipinski definition) is 9. The van der Waals surface area contributed by atoms with Crippen molar-refractivity contribution in [3.8, 4) is 11.7 Å². The summed E-state index contributed by atoms with van der Waals surface area (Å²) in [5.41, 5.74) is 1.12. The first kappa shape index (κ1) is 21.8. The normalized spacial score (nSPS) is 11.2. The molecule has 160 valence electrons. The van der Waals surface area contributed by atoms with Gasteiger partial charge in [0.1, 0.15) is 12.1 Å².